The minimum Gasteiger partial charge on any atom is -0.377 e. The second-order valence-electron chi connectivity index (χ2n) is 2.57. The first-order valence-corrected chi connectivity index (χ1v) is 5.91. The molecule has 0 amide bonds. The Morgan fingerprint density at radius 3 is 2.07 bits per heavy atom. The van der Waals surface area contributed by atoms with Crippen LogP contribution in [0.1, 0.15) is 54.4 Å². The molecule has 1 heteroatoms. The Bertz CT molecular complexity index is 163. The van der Waals surface area contributed by atoms with Crippen LogP contribution in [0.3, 0.4) is 0 Å². The van der Waals surface area contributed by atoms with Gasteiger partial charge in [0.05, 0.1) is 6.10 Å². The average Bonchev–Trinajstić information content (AvgIpc) is 2.31. The minimum atomic E-state index is 0.205. The second kappa shape index (κ2) is 18.9. The maximum atomic E-state index is 5.24. The predicted octanol–water partition coefficient (Wildman–Crippen LogP) is 4.43. The molecule has 0 fully saturated rings. The Labute approximate surface area is 96.9 Å². The highest BCUT2D eigenvalue weighted by Crippen LogP contribution is 2.10. The summed E-state index contributed by atoms with van der Waals surface area (Å²) in [6.45, 7) is 12.1. The highest BCUT2D eigenvalue weighted by Gasteiger charge is 2.06. The first-order chi connectivity index (χ1) is 7.26. The number of terminal acetylenes is 1. The average molecular weight is 212 g/mol. The van der Waals surface area contributed by atoms with Gasteiger partial charge in [-0.1, -0.05) is 47.0 Å². The Hall–Kier alpha value is -0.740. The van der Waals surface area contributed by atoms with Crippen molar-refractivity contribution in [2.75, 3.05) is 7.11 Å². The monoisotopic (exact) mass is 212 g/mol. The van der Waals surface area contributed by atoms with Crippen LogP contribution >= 0.6 is 0 Å². The van der Waals surface area contributed by atoms with Crippen molar-refractivity contribution in [2.45, 2.75) is 60.5 Å². The third-order valence-electron chi connectivity index (χ3n) is 1.65. The van der Waals surface area contributed by atoms with Gasteiger partial charge in [-0.05, 0) is 25.0 Å². The van der Waals surface area contributed by atoms with Gasteiger partial charge in [0.2, 0.25) is 0 Å². The normalized spacial score (nSPS) is 11.2. The number of hydrogen-bond donors (Lipinski definition) is 0. The SMILES string of the molecule is C#C/C=C(/C)[C@@H](CCC)OC.CC.CC. The molecule has 0 N–H and O–H groups in total. The van der Waals surface area contributed by atoms with Gasteiger partial charge in [0.1, 0.15) is 0 Å². The maximum absolute atomic E-state index is 5.24. The molecule has 90 valence electrons. The van der Waals surface area contributed by atoms with Crippen LogP contribution in [0.4, 0.5) is 0 Å². The summed E-state index contributed by atoms with van der Waals surface area (Å²) >= 11 is 0. The Morgan fingerprint density at radius 1 is 1.33 bits per heavy atom. The van der Waals surface area contributed by atoms with Crippen LogP contribution in [0.2, 0.25) is 0 Å². The van der Waals surface area contributed by atoms with Gasteiger partial charge in [-0.25, -0.2) is 0 Å². The molecule has 15 heavy (non-hydrogen) atoms. The Balaban J connectivity index is -0.000000318. The molecule has 1 atom stereocenters. The highest BCUT2D eigenvalue weighted by atomic mass is 16.5. The maximum Gasteiger partial charge on any atom is 0.0787 e. The van der Waals surface area contributed by atoms with Gasteiger partial charge >= 0.3 is 0 Å². The summed E-state index contributed by atoms with van der Waals surface area (Å²) in [7, 11) is 1.72. The van der Waals surface area contributed by atoms with E-state index >= 15 is 0 Å². The molecular formula is C14H28O. The van der Waals surface area contributed by atoms with Gasteiger partial charge in [0.25, 0.3) is 0 Å². The predicted molar refractivity (Wildman–Crippen MR) is 71.0 cm³/mol. The van der Waals surface area contributed by atoms with Crippen molar-refractivity contribution >= 4 is 0 Å². The Morgan fingerprint density at radius 2 is 1.80 bits per heavy atom. The number of methoxy groups -OCH3 is 1. The lowest BCUT2D eigenvalue weighted by Crippen LogP contribution is -2.11. The summed E-state index contributed by atoms with van der Waals surface area (Å²) in [5.74, 6) is 2.50. The third-order valence-corrected chi connectivity index (χ3v) is 1.65. The van der Waals surface area contributed by atoms with E-state index in [2.05, 4.69) is 12.8 Å². The van der Waals surface area contributed by atoms with E-state index in [0.29, 0.717) is 0 Å². The number of rotatable bonds is 4. The van der Waals surface area contributed by atoms with Crippen molar-refractivity contribution in [3.63, 3.8) is 0 Å². The van der Waals surface area contributed by atoms with Crippen molar-refractivity contribution in [2.24, 2.45) is 0 Å². The van der Waals surface area contributed by atoms with Crippen LogP contribution in [-0.4, -0.2) is 13.2 Å². The van der Waals surface area contributed by atoms with Crippen LogP contribution in [0.25, 0.3) is 0 Å². The van der Waals surface area contributed by atoms with E-state index in [4.69, 9.17) is 11.2 Å². The summed E-state index contributed by atoms with van der Waals surface area (Å²) in [5, 5.41) is 0. The fourth-order valence-electron chi connectivity index (χ4n) is 1.02. The van der Waals surface area contributed by atoms with Crippen LogP contribution in [-0.2, 0) is 4.74 Å². The fraction of sp³-hybridized carbons (Fsp3) is 0.714. The number of ether oxygens (including phenoxy) is 1. The molecule has 0 aromatic rings. The van der Waals surface area contributed by atoms with Crippen molar-refractivity contribution in [3.05, 3.63) is 11.6 Å². The highest BCUT2D eigenvalue weighted by molar-refractivity contribution is 5.18. The molecule has 0 aliphatic carbocycles. The zero-order valence-corrected chi connectivity index (χ0v) is 11.6. The van der Waals surface area contributed by atoms with Gasteiger partial charge in [-0.3, -0.25) is 0 Å². The first kappa shape index (κ1) is 19.8. The zero-order chi connectivity index (χ0) is 12.7. The van der Waals surface area contributed by atoms with E-state index in [0.717, 1.165) is 18.4 Å². The molecule has 0 unspecified atom stereocenters. The van der Waals surface area contributed by atoms with E-state index in [9.17, 15) is 0 Å². The fourth-order valence-corrected chi connectivity index (χ4v) is 1.02. The molecule has 0 rings (SSSR count). The molecule has 0 spiro atoms. The van der Waals surface area contributed by atoms with Crippen LogP contribution in [0.5, 0.6) is 0 Å². The molecule has 0 saturated heterocycles. The van der Waals surface area contributed by atoms with E-state index in [1.165, 1.54) is 0 Å². The van der Waals surface area contributed by atoms with Crippen molar-refractivity contribution in [3.8, 4) is 12.3 Å². The van der Waals surface area contributed by atoms with E-state index in [1.807, 2.05) is 34.6 Å². The number of allylic oxidation sites excluding steroid dienone is 1. The minimum absolute atomic E-state index is 0.205. The van der Waals surface area contributed by atoms with Gasteiger partial charge in [0.15, 0.2) is 0 Å². The van der Waals surface area contributed by atoms with Crippen LogP contribution in [0.15, 0.2) is 11.6 Å². The van der Waals surface area contributed by atoms with Crippen molar-refractivity contribution < 1.29 is 4.74 Å². The lowest BCUT2D eigenvalue weighted by molar-refractivity contribution is 0.123. The van der Waals surface area contributed by atoms with Crippen LogP contribution in [0, 0.1) is 12.3 Å². The topological polar surface area (TPSA) is 9.23 Å². The molecule has 0 saturated carbocycles. The molecule has 0 radical (unpaired) electrons. The lowest BCUT2D eigenvalue weighted by atomic mass is 10.1. The zero-order valence-electron chi connectivity index (χ0n) is 11.6. The first-order valence-electron chi connectivity index (χ1n) is 5.91. The third kappa shape index (κ3) is 13.3. The van der Waals surface area contributed by atoms with Gasteiger partial charge in [-0.15, -0.1) is 6.42 Å². The standard InChI is InChI=1S/C10H16O.2C2H6/c1-5-7-9(3)10(11-4)8-6-2;2*1-2/h1,7,10H,6,8H2,2-4H3;2*1-2H3/b9-7-;;/t10-;;/m1../s1. The molecule has 1 nitrogen and oxygen atoms in total. The molecule has 0 heterocycles. The molecule has 0 bridgehead atoms. The quantitative estimate of drug-likeness (QED) is 0.626. The molecular weight excluding hydrogens is 184 g/mol. The summed E-state index contributed by atoms with van der Waals surface area (Å²) in [6, 6.07) is 0. The molecule has 0 aliphatic heterocycles. The molecule has 0 aromatic heterocycles. The van der Waals surface area contributed by atoms with Gasteiger partial charge in [0, 0.05) is 7.11 Å². The summed E-state index contributed by atoms with van der Waals surface area (Å²) in [5.41, 5.74) is 1.14. The van der Waals surface area contributed by atoms with Crippen molar-refractivity contribution in [1.29, 1.82) is 0 Å². The van der Waals surface area contributed by atoms with E-state index in [1.54, 1.807) is 13.2 Å². The van der Waals surface area contributed by atoms with Gasteiger partial charge < -0.3 is 4.74 Å². The summed E-state index contributed by atoms with van der Waals surface area (Å²) in [4.78, 5) is 0. The summed E-state index contributed by atoms with van der Waals surface area (Å²) in [6.07, 6.45) is 9.27. The smallest absolute Gasteiger partial charge is 0.0787 e. The van der Waals surface area contributed by atoms with Gasteiger partial charge in [-0.2, -0.15) is 0 Å². The second-order valence-corrected chi connectivity index (χ2v) is 2.57. The van der Waals surface area contributed by atoms with E-state index in [-0.39, 0.29) is 6.10 Å². The number of hydrogen-bond acceptors (Lipinski definition) is 1. The van der Waals surface area contributed by atoms with Crippen LogP contribution < -0.4 is 0 Å². The molecule has 0 aromatic carbocycles. The molecule has 0 aliphatic rings. The largest absolute Gasteiger partial charge is 0.377 e. The summed E-state index contributed by atoms with van der Waals surface area (Å²) < 4.78 is 5.24. The lowest BCUT2D eigenvalue weighted by Gasteiger charge is -2.13. The van der Waals surface area contributed by atoms with Crippen molar-refractivity contribution in [1.82, 2.24) is 0 Å². The van der Waals surface area contributed by atoms with E-state index < -0.39 is 0 Å². The Kier molecular flexibility index (Phi) is 25.0.